The molecule has 244 valence electrons. The lowest BCUT2D eigenvalue weighted by atomic mass is 10.1. The smallest absolute Gasteiger partial charge is 0.335 e. The first-order valence-corrected chi connectivity index (χ1v) is 17.4. The lowest BCUT2D eigenvalue weighted by molar-refractivity contribution is 0.251. The van der Waals surface area contributed by atoms with Gasteiger partial charge < -0.3 is 15.5 Å². The number of anilines is 1. The average Bonchev–Trinajstić information content (AvgIpc) is 3.74. The fourth-order valence-corrected chi connectivity index (χ4v) is 7.24. The molecule has 0 saturated heterocycles. The first-order valence-electron chi connectivity index (χ1n) is 14.7. The van der Waals surface area contributed by atoms with Crippen LogP contribution in [0.15, 0.2) is 81.2 Å². The van der Waals surface area contributed by atoms with E-state index in [4.69, 9.17) is 0 Å². The van der Waals surface area contributed by atoms with Gasteiger partial charge in [-0.1, -0.05) is 18.2 Å². The molecule has 10 nitrogen and oxygen atoms in total. The van der Waals surface area contributed by atoms with Crippen molar-refractivity contribution in [3.05, 3.63) is 110 Å². The number of nitrogens with one attached hydrogen (secondary N) is 2. The summed E-state index contributed by atoms with van der Waals surface area (Å²) in [4.78, 5) is 43.4. The van der Waals surface area contributed by atoms with Crippen molar-refractivity contribution in [2.24, 2.45) is 0 Å². The number of benzene rings is 3. The summed E-state index contributed by atoms with van der Waals surface area (Å²) in [7, 11) is 0.0909. The minimum Gasteiger partial charge on any atom is -0.335 e. The maximum atomic E-state index is 14.9. The van der Waals surface area contributed by atoms with Crippen molar-refractivity contribution in [3.8, 4) is 16.1 Å². The number of hydrogen-bond acceptors (Lipinski definition) is 7. The molecule has 5 aromatic rings. The molecular weight excluding hydrogens is 649 g/mol. The van der Waals surface area contributed by atoms with Crippen molar-refractivity contribution < 1.29 is 22.0 Å². The van der Waals surface area contributed by atoms with Crippen LogP contribution < -0.4 is 21.9 Å². The van der Waals surface area contributed by atoms with Crippen molar-refractivity contribution in [2.45, 2.75) is 36.9 Å². The Labute approximate surface area is 272 Å². The van der Waals surface area contributed by atoms with Crippen LogP contribution in [-0.2, 0) is 22.9 Å². The number of rotatable bonds is 9. The number of urea groups is 1. The third-order valence-electron chi connectivity index (χ3n) is 7.77. The Morgan fingerprint density at radius 3 is 2.17 bits per heavy atom. The monoisotopic (exact) mass is 679 g/mol. The highest BCUT2D eigenvalue weighted by molar-refractivity contribution is 7.90. The summed E-state index contributed by atoms with van der Waals surface area (Å²) in [6.07, 6.45) is 2.95. The molecule has 3 aromatic carbocycles. The van der Waals surface area contributed by atoms with Gasteiger partial charge in [-0.3, -0.25) is 9.36 Å². The van der Waals surface area contributed by atoms with Crippen LogP contribution in [0.25, 0.3) is 26.3 Å². The van der Waals surface area contributed by atoms with Crippen LogP contribution in [0, 0.1) is 11.6 Å². The highest BCUT2D eigenvalue weighted by Gasteiger charge is 2.26. The number of halogens is 2. The second kappa shape index (κ2) is 12.5. The van der Waals surface area contributed by atoms with E-state index in [0.29, 0.717) is 21.7 Å². The van der Waals surface area contributed by atoms with Gasteiger partial charge in [0.15, 0.2) is 9.84 Å². The van der Waals surface area contributed by atoms with Crippen LogP contribution in [-0.4, -0.2) is 54.9 Å². The molecule has 0 bridgehead atoms. The van der Waals surface area contributed by atoms with E-state index < -0.39 is 39.3 Å². The summed E-state index contributed by atoms with van der Waals surface area (Å²) < 4.78 is 56.1. The van der Waals surface area contributed by atoms with Gasteiger partial charge in [0, 0.05) is 35.0 Å². The molecule has 1 aliphatic carbocycles. The first-order chi connectivity index (χ1) is 22.3. The summed E-state index contributed by atoms with van der Waals surface area (Å²) in [5.74, 6) is -1.70. The number of carbonyl (C=O) groups is 1. The van der Waals surface area contributed by atoms with E-state index in [-0.39, 0.29) is 45.0 Å². The predicted octanol–water partition coefficient (Wildman–Crippen LogP) is 4.96. The van der Waals surface area contributed by atoms with Gasteiger partial charge in [-0.05, 0) is 86.6 Å². The Morgan fingerprint density at radius 2 is 1.60 bits per heavy atom. The Kier molecular flexibility index (Phi) is 8.59. The average molecular weight is 680 g/mol. The van der Waals surface area contributed by atoms with Gasteiger partial charge in [-0.2, -0.15) is 0 Å². The van der Waals surface area contributed by atoms with E-state index in [1.54, 1.807) is 24.3 Å². The number of nitrogens with zero attached hydrogens (tertiary/aromatic N) is 3. The molecule has 6 rings (SSSR count). The minimum absolute atomic E-state index is 0.00166. The summed E-state index contributed by atoms with van der Waals surface area (Å²) >= 11 is 1.15. The number of hydrogen-bond donors (Lipinski definition) is 2. The molecule has 1 aliphatic rings. The maximum absolute atomic E-state index is 14.9. The third kappa shape index (κ3) is 6.62. The number of thiophene rings is 1. The Bertz CT molecular complexity index is 2220. The van der Waals surface area contributed by atoms with Gasteiger partial charge in [0.25, 0.3) is 5.56 Å². The first kappa shape index (κ1) is 32.3. The molecule has 2 heterocycles. The summed E-state index contributed by atoms with van der Waals surface area (Å²) in [5, 5.41) is 5.86. The van der Waals surface area contributed by atoms with Crippen LogP contribution >= 0.6 is 11.3 Å². The highest BCUT2D eigenvalue weighted by Crippen LogP contribution is 2.38. The molecule has 14 heteroatoms. The van der Waals surface area contributed by atoms with Gasteiger partial charge in [0.1, 0.15) is 16.5 Å². The molecular formula is C33H31F2N5O5S2. The maximum Gasteiger partial charge on any atom is 0.337 e. The third-order valence-corrected chi connectivity index (χ3v) is 10.2. The van der Waals surface area contributed by atoms with Crippen molar-refractivity contribution in [1.29, 1.82) is 0 Å². The lowest BCUT2D eigenvalue weighted by Gasteiger charge is -2.15. The number of amides is 2. The molecule has 1 fully saturated rings. The number of carbonyl (C=O) groups excluding carboxylic acids is 1. The molecule has 0 aliphatic heterocycles. The predicted molar refractivity (Wildman–Crippen MR) is 178 cm³/mol. The molecule has 0 unspecified atom stereocenters. The van der Waals surface area contributed by atoms with Gasteiger partial charge in [0.2, 0.25) is 0 Å². The van der Waals surface area contributed by atoms with E-state index in [1.807, 2.05) is 19.0 Å². The SMILES string of the molecule is CN(C)Cc1c(-c2ccc(NC(=O)NC3CC3)cc2)sc2c1c(=O)n(-c1ccc(S(C)(=O)=O)cc1)c(=O)n2Cc1c(F)cccc1F. The van der Waals surface area contributed by atoms with E-state index >= 15 is 0 Å². The summed E-state index contributed by atoms with van der Waals surface area (Å²) in [6, 6.07) is 15.6. The number of sulfone groups is 1. The normalized spacial score (nSPS) is 13.3. The van der Waals surface area contributed by atoms with Crippen LogP contribution in [0.1, 0.15) is 24.0 Å². The lowest BCUT2D eigenvalue weighted by Crippen LogP contribution is -2.39. The van der Waals surface area contributed by atoms with Crippen LogP contribution in [0.4, 0.5) is 19.3 Å². The highest BCUT2D eigenvalue weighted by atomic mass is 32.2. The van der Waals surface area contributed by atoms with Gasteiger partial charge in [-0.15, -0.1) is 11.3 Å². The van der Waals surface area contributed by atoms with E-state index in [0.717, 1.165) is 47.1 Å². The molecule has 2 aromatic heterocycles. The number of aromatic nitrogens is 2. The van der Waals surface area contributed by atoms with Crippen molar-refractivity contribution in [2.75, 3.05) is 25.7 Å². The van der Waals surface area contributed by atoms with Crippen molar-refractivity contribution in [3.63, 3.8) is 0 Å². The van der Waals surface area contributed by atoms with E-state index in [9.17, 15) is 31.6 Å². The Balaban J connectivity index is 1.57. The van der Waals surface area contributed by atoms with Crippen LogP contribution in [0.5, 0.6) is 0 Å². The Hall–Kier alpha value is -4.66. The zero-order valence-electron chi connectivity index (χ0n) is 25.7. The number of fused-ring (bicyclic) bond motifs is 1. The molecule has 0 atom stereocenters. The second-order valence-corrected chi connectivity index (χ2v) is 14.8. The van der Waals surface area contributed by atoms with Gasteiger partial charge in [0.05, 0.1) is 22.5 Å². The molecule has 47 heavy (non-hydrogen) atoms. The largest absolute Gasteiger partial charge is 0.337 e. The fourth-order valence-electron chi connectivity index (χ4n) is 5.31. The van der Waals surface area contributed by atoms with Crippen LogP contribution in [0.3, 0.4) is 0 Å². The van der Waals surface area contributed by atoms with Crippen molar-refractivity contribution >= 4 is 43.1 Å². The quantitative estimate of drug-likeness (QED) is 0.227. The second-order valence-electron chi connectivity index (χ2n) is 11.8. The molecule has 0 spiro atoms. The minimum atomic E-state index is -3.56. The molecule has 0 radical (unpaired) electrons. The van der Waals surface area contributed by atoms with Crippen molar-refractivity contribution in [1.82, 2.24) is 19.4 Å². The Morgan fingerprint density at radius 1 is 0.957 bits per heavy atom. The van der Waals surface area contributed by atoms with Crippen LogP contribution in [0.2, 0.25) is 0 Å². The fraction of sp³-hybridized carbons (Fsp3) is 0.242. The summed E-state index contributed by atoms with van der Waals surface area (Å²) in [5.41, 5.74) is 0.110. The zero-order chi connectivity index (χ0) is 33.6. The van der Waals surface area contributed by atoms with E-state index in [1.165, 1.54) is 34.9 Å². The molecule has 2 amide bonds. The standard InChI is InChI=1S/C33H31F2N5O5S2/c1-38(2)17-25-28-30(41)40(22-13-15-23(16-14-22)47(3,44)45)33(43)39(18-24-26(34)5-4-6-27(24)35)31(28)46-29(25)19-7-9-20(10-8-19)36-32(42)37-21-11-12-21/h4-10,13-16,21H,11-12,17-18H2,1-3H3,(H2,36,37,42). The molecule has 1 saturated carbocycles. The summed E-state index contributed by atoms with van der Waals surface area (Å²) in [6.45, 7) is -0.219. The molecule has 2 N–H and O–H groups in total. The zero-order valence-corrected chi connectivity index (χ0v) is 27.3. The topological polar surface area (TPSA) is 123 Å². The van der Waals surface area contributed by atoms with E-state index in [2.05, 4.69) is 10.6 Å². The van der Waals surface area contributed by atoms with Gasteiger partial charge >= 0.3 is 11.7 Å². The van der Waals surface area contributed by atoms with Gasteiger partial charge in [-0.25, -0.2) is 31.4 Å².